The van der Waals surface area contributed by atoms with E-state index in [1.54, 1.807) is 0 Å². The number of hydrogen-bond donors (Lipinski definition) is 2. The van der Waals surface area contributed by atoms with Gasteiger partial charge in [-0.3, -0.25) is 11.3 Å². The van der Waals surface area contributed by atoms with Crippen molar-refractivity contribution in [3.8, 4) is 0 Å². The highest BCUT2D eigenvalue weighted by Gasteiger charge is 2.39. The van der Waals surface area contributed by atoms with Crippen molar-refractivity contribution in [1.29, 1.82) is 0 Å². The molecule has 0 aromatic rings. The van der Waals surface area contributed by atoms with E-state index in [0.29, 0.717) is 11.5 Å². The summed E-state index contributed by atoms with van der Waals surface area (Å²) < 4.78 is 6.16. The molecule has 1 rings (SSSR count). The van der Waals surface area contributed by atoms with Crippen LogP contribution in [0.2, 0.25) is 0 Å². The van der Waals surface area contributed by atoms with E-state index in [4.69, 9.17) is 10.6 Å². The van der Waals surface area contributed by atoms with E-state index >= 15 is 0 Å². The summed E-state index contributed by atoms with van der Waals surface area (Å²) in [6.07, 6.45) is 9.79. The minimum Gasteiger partial charge on any atom is -0.374 e. The molecular formula is C16H34N2O. The third-order valence-electron chi connectivity index (χ3n) is 4.39. The third kappa shape index (κ3) is 5.41. The third-order valence-corrected chi connectivity index (χ3v) is 4.39. The summed E-state index contributed by atoms with van der Waals surface area (Å²) in [5, 5.41) is 0. The zero-order chi connectivity index (χ0) is 14.4. The van der Waals surface area contributed by atoms with E-state index in [1.165, 1.54) is 32.1 Å². The van der Waals surface area contributed by atoms with Crippen molar-refractivity contribution in [3.63, 3.8) is 0 Å². The van der Waals surface area contributed by atoms with Gasteiger partial charge < -0.3 is 4.74 Å². The molecule has 0 heterocycles. The van der Waals surface area contributed by atoms with Crippen molar-refractivity contribution in [3.05, 3.63) is 0 Å². The van der Waals surface area contributed by atoms with E-state index in [2.05, 4.69) is 33.1 Å². The second-order valence-electron chi connectivity index (χ2n) is 7.23. The first-order valence-corrected chi connectivity index (χ1v) is 8.03. The Morgan fingerprint density at radius 2 is 1.84 bits per heavy atom. The number of nitrogens with two attached hydrogens (primary N) is 1. The highest BCUT2D eigenvalue weighted by Crippen LogP contribution is 2.36. The van der Waals surface area contributed by atoms with Crippen molar-refractivity contribution in [2.75, 3.05) is 6.61 Å². The molecule has 0 radical (unpaired) electrons. The van der Waals surface area contributed by atoms with Gasteiger partial charge in [-0.1, -0.05) is 46.5 Å². The lowest BCUT2D eigenvalue weighted by molar-refractivity contribution is -0.0922. The van der Waals surface area contributed by atoms with Gasteiger partial charge in [0, 0.05) is 6.61 Å². The molecule has 0 bridgehead atoms. The van der Waals surface area contributed by atoms with Gasteiger partial charge in [0.2, 0.25) is 0 Å². The van der Waals surface area contributed by atoms with E-state index in [0.717, 1.165) is 25.9 Å². The number of hydrazine groups is 1. The molecule has 0 amide bonds. The molecule has 0 aromatic heterocycles. The van der Waals surface area contributed by atoms with Crippen LogP contribution in [0.25, 0.3) is 0 Å². The maximum atomic E-state index is 6.16. The van der Waals surface area contributed by atoms with Crippen LogP contribution in [0.1, 0.15) is 79.1 Å². The zero-order valence-corrected chi connectivity index (χ0v) is 13.4. The Morgan fingerprint density at radius 3 is 2.32 bits per heavy atom. The van der Waals surface area contributed by atoms with Crippen LogP contribution in [0.5, 0.6) is 0 Å². The second-order valence-corrected chi connectivity index (χ2v) is 7.23. The SMILES string of the molecule is CCOC1(C(CCCC(C)(C)C)NN)CCCCC1. The summed E-state index contributed by atoms with van der Waals surface area (Å²) in [5.41, 5.74) is 3.45. The molecule has 1 aliphatic rings. The fourth-order valence-electron chi connectivity index (χ4n) is 3.37. The van der Waals surface area contributed by atoms with Gasteiger partial charge in [0.25, 0.3) is 0 Å². The molecule has 19 heavy (non-hydrogen) atoms. The molecule has 3 heteroatoms. The molecule has 3 N–H and O–H groups in total. The van der Waals surface area contributed by atoms with Crippen LogP contribution in [0.3, 0.4) is 0 Å². The highest BCUT2D eigenvalue weighted by molar-refractivity contribution is 4.94. The number of ether oxygens (including phenoxy) is 1. The van der Waals surface area contributed by atoms with Gasteiger partial charge in [-0.15, -0.1) is 0 Å². The first kappa shape index (κ1) is 16.9. The summed E-state index contributed by atoms with van der Waals surface area (Å²) in [6, 6.07) is 0.301. The van der Waals surface area contributed by atoms with Crippen molar-refractivity contribution in [2.45, 2.75) is 90.7 Å². The first-order chi connectivity index (χ1) is 8.93. The average Bonchev–Trinajstić information content (AvgIpc) is 2.35. The van der Waals surface area contributed by atoms with E-state index in [9.17, 15) is 0 Å². The summed E-state index contributed by atoms with van der Waals surface area (Å²) in [5.74, 6) is 5.84. The average molecular weight is 270 g/mol. The minimum atomic E-state index is -0.0143. The van der Waals surface area contributed by atoms with Gasteiger partial charge in [-0.2, -0.15) is 0 Å². The van der Waals surface area contributed by atoms with Crippen LogP contribution in [-0.4, -0.2) is 18.2 Å². The van der Waals surface area contributed by atoms with E-state index in [-0.39, 0.29) is 5.60 Å². The van der Waals surface area contributed by atoms with Crippen molar-refractivity contribution in [2.24, 2.45) is 11.3 Å². The van der Waals surface area contributed by atoms with Gasteiger partial charge >= 0.3 is 0 Å². The zero-order valence-electron chi connectivity index (χ0n) is 13.4. The van der Waals surface area contributed by atoms with Crippen LogP contribution < -0.4 is 11.3 Å². The molecule has 0 saturated heterocycles. The summed E-state index contributed by atoms with van der Waals surface area (Å²) >= 11 is 0. The first-order valence-electron chi connectivity index (χ1n) is 8.03. The van der Waals surface area contributed by atoms with Gasteiger partial charge in [-0.05, 0) is 38.0 Å². The van der Waals surface area contributed by atoms with Crippen LogP contribution in [-0.2, 0) is 4.74 Å². The van der Waals surface area contributed by atoms with Crippen LogP contribution in [0.4, 0.5) is 0 Å². The highest BCUT2D eigenvalue weighted by atomic mass is 16.5. The van der Waals surface area contributed by atoms with Crippen LogP contribution >= 0.6 is 0 Å². The second kappa shape index (κ2) is 7.61. The number of hydrogen-bond acceptors (Lipinski definition) is 3. The minimum absolute atomic E-state index is 0.0143. The Hall–Kier alpha value is -0.120. The topological polar surface area (TPSA) is 47.3 Å². The van der Waals surface area contributed by atoms with Crippen LogP contribution in [0.15, 0.2) is 0 Å². The molecule has 1 aliphatic carbocycles. The molecule has 1 atom stereocenters. The lowest BCUT2D eigenvalue weighted by Crippen LogP contribution is -2.56. The summed E-state index contributed by atoms with van der Waals surface area (Å²) in [7, 11) is 0. The van der Waals surface area contributed by atoms with Gasteiger partial charge in [-0.25, -0.2) is 0 Å². The normalized spacial score (nSPS) is 21.3. The molecule has 114 valence electrons. The number of rotatable bonds is 7. The quantitative estimate of drug-likeness (QED) is 0.547. The van der Waals surface area contributed by atoms with Crippen molar-refractivity contribution < 1.29 is 4.74 Å². The Morgan fingerprint density at radius 1 is 1.21 bits per heavy atom. The summed E-state index contributed by atoms with van der Waals surface area (Å²) in [6.45, 7) is 9.79. The van der Waals surface area contributed by atoms with E-state index in [1.807, 2.05) is 0 Å². The van der Waals surface area contributed by atoms with Crippen LogP contribution in [0, 0.1) is 5.41 Å². The smallest absolute Gasteiger partial charge is 0.0848 e. The van der Waals surface area contributed by atoms with Crippen molar-refractivity contribution in [1.82, 2.24) is 5.43 Å². The Bertz CT molecular complexity index is 236. The predicted molar refractivity (Wildman–Crippen MR) is 81.9 cm³/mol. The lowest BCUT2D eigenvalue weighted by Gasteiger charge is -2.43. The predicted octanol–water partition coefficient (Wildman–Crippen LogP) is 3.77. The molecule has 0 aromatic carbocycles. The maximum Gasteiger partial charge on any atom is 0.0848 e. The molecule has 1 unspecified atom stereocenters. The lowest BCUT2D eigenvalue weighted by atomic mass is 9.77. The van der Waals surface area contributed by atoms with Gasteiger partial charge in [0.15, 0.2) is 0 Å². The largest absolute Gasteiger partial charge is 0.374 e. The molecule has 0 spiro atoms. The maximum absolute atomic E-state index is 6.16. The standard InChI is InChI=1S/C16H34N2O/c1-5-19-16(12-7-6-8-13-16)14(18-17)10-9-11-15(2,3)4/h14,18H,5-13,17H2,1-4H3. The Kier molecular flexibility index (Phi) is 6.78. The van der Waals surface area contributed by atoms with Gasteiger partial charge in [0.05, 0.1) is 11.6 Å². The Balaban J connectivity index is 2.57. The number of nitrogens with one attached hydrogen (secondary N) is 1. The molecule has 1 fully saturated rings. The fourth-order valence-corrected chi connectivity index (χ4v) is 3.37. The van der Waals surface area contributed by atoms with E-state index < -0.39 is 0 Å². The van der Waals surface area contributed by atoms with Crippen molar-refractivity contribution >= 4 is 0 Å². The molecule has 3 nitrogen and oxygen atoms in total. The fraction of sp³-hybridized carbons (Fsp3) is 1.00. The monoisotopic (exact) mass is 270 g/mol. The molecule has 1 saturated carbocycles. The Labute approximate surface area is 119 Å². The van der Waals surface area contributed by atoms with Gasteiger partial charge in [0.1, 0.15) is 0 Å². The summed E-state index contributed by atoms with van der Waals surface area (Å²) in [4.78, 5) is 0. The molecular weight excluding hydrogens is 236 g/mol. The molecule has 0 aliphatic heterocycles.